The molecule has 6 rings (SSSR count). The first kappa shape index (κ1) is 13.4. The normalized spacial score (nSPS) is 33.2. The minimum absolute atomic E-state index is 0.00945. The van der Waals surface area contributed by atoms with Gasteiger partial charge in [-0.1, -0.05) is 62.4 Å². The first-order chi connectivity index (χ1) is 11.1. The average molecular weight is 304 g/mol. The summed E-state index contributed by atoms with van der Waals surface area (Å²) in [6.45, 7) is 4.33. The molecule has 1 fully saturated rings. The molecule has 0 amide bonds. The van der Waals surface area contributed by atoms with Crippen molar-refractivity contribution in [2.45, 2.75) is 38.2 Å². The van der Waals surface area contributed by atoms with Gasteiger partial charge in [0.2, 0.25) is 0 Å². The number of cyclic esters (lactones) is 1. The van der Waals surface area contributed by atoms with Gasteiger partial charge in [-0.3, -0.25) is 4.79 Å². The zero-order chi connectivity index (χ0) is 15.8. The van der Waals surface area contributed by atoms with E-state index in [1.54, 1.807) is 0 Å². The molecule has 0 aromatic heterocycles. The maximum Gasteiger partial charge on any atom is 0.317 e. The van der Waals surface area contributed by atoms with Gasteiger partial charge >= 0.3 is 5.97 Å². The van der Waals surface area contributed by atoms with Crippen LogP contribution in [0.1, 0.15) is 54.4 Å². The number of carbonyl (C=O) groups excluding carboxylic acids is 1. The number of hydrogen-bond donors (Lipinski definition) is 0. The summed E-state index contributed by atoms with van der Waals surface area (Å²) in [5, 5.41) is 0. The van der Waals surface area contributed by atoms with Crippen LogP contribution in [0.5, 0.6) is 0 Å². The summed E-state index contributed by atoms with van der Waals surface area (Å²) in [6.07, 6.45) is 0.928. The summed E-state index contributed by atoms with van der Waals surface area (Å²) in [5.41, 5.74) is 5.13. The first-order valence-electron chi connectivity index (χ1n) is 8.53. The maximum atomic E-state index is 12.7. The van der Waals surface area contributed by atoms with E-state index in [2.05, 4.69) is 62.4 Å². The Morgan fingerprint density at radius 3 is 1.96 bits per heavy atom. The molecule has 1 saturated heterocycles. The molecule has 23 heavy (non-hydrogen) atoms. The second kappa shape index (κ2) is 4.25. The molecule has 2 heteroatoms. The molecule has 116 valence electrons. The molecule has 0 saturated carbocycles. The van der Waals surface area contributed by atoms with Gasteiger partial charge in [0.25, 0.3) is 0 Å². The summed E-state index contributed by atoms with van der Waals surface area (Å²) in [6, 6.07) is 17.4. The molecule has 2 bridgehead atoms. The SMILES string of the molecule is CC(C)C1OC(=O)C12CC1c3ccccc3C2c2ccccc21. The highest BCUT2D eigenvalue weighted by atomic mass is 16.6. The van der Waals surface area contributed by atoms with Crippen molar-refractivity contribution >= 4 is 5.97 Å². The fourth-order valence-corrected chi connectivity index (χ4v) is 5.35. The predicted octanol–water partition coefficient (Wildman–Crippen LogP) is 4.24. The Kier molecular flexibility index (Phi) is 2.47. The van der Waals surface area contributed by atoms with Crippen molar-refractivity contribution in [1.29, 1.82) is 0 Å². The molecule has 2 nitrogen and oxygen atoms in total. The number of ether oxygens (including phenoxy) is 1. The largest absolute Gasteiger partial charge is 0.460 e. The molecule has 1 aliphatic heterocycles. The van der Waals surface area contributed by atoms with Gasteiger partial charge in [0.05, 0.1) is 0 Å². The fourth-order valence-electron chi connectivity index (χ4n) is 5.35. The van der Waals surface area contributed by atoms with Crippen LogP contribution in [-0.4, -0.2) is 12.1 Å². The van der Waals surface area contributed by atoms with Crippen LogP contribution in [0.25, 0.3) is 0 Å². The van der Waals surface area contributed by atoms with Gasteiger partial charge < -0.3 is 4.74 Å². The molecular weight excluding hydrogens is 284 g/mol. The molecule has 0 N–H and O–H groups in total. The Bertz CT molecular complexity index is 775. The Morgan fingerprint density at radius 1 is 0.957 bits per heavy atom. The molecule has 0 radical (unpaired) electrons. The second-order valence-electron chi connectivity index (χ2n) is 7.56. The highest BCUT2D eigenvalue weighted by molar-refractivity contribution is 5.88. The monoisotopic (exact) mass is 304 g/mol. The smallest absolute Gasteiger partial charge is 0.317 e. The summed E-state index contributed by atoms with van der Waals surface area (Å²) < 4.78 is 5.64. The zero-order valence-corrected chi connectivity index (χ0v) is 13.5. The van der Waals surface area contributed by atoms with Gasteiger partial charge in [-0.05, 0) is 34.6 Å². The van der Waals surface area contributed by atoms with E-state index in [1.807, 2.05) is 0 Å². The average Bonchev–Trinajstić information content (AvgIpc) is 2.59. The molecular formula is C21H20O2. The Hall–Kier alpha value is -2.09. The standard InChI is InChI=1S/C21H20O2/c1-12(2)19-21(20(22)23-19)11-17-13-7-3-5-9-15(13)18(21)16-10-6-4-8-14(16)17/h3-10,12,17-19H,11H2,1-2H3. The predicted molar refractivity (Wildman–Crippen MR) is 88.3 cm³/mol. The maximum absolute atomic E-state index is 12.7. The van der Waals surface area contributed by atoms with Crippen LogP contribution in [0, 0.1) is 11.3 Å². The van der Waals surface area contributed by atoms with Gasteiger partial charge in [-0.15, -0.1) is 0 Å². The first-order valence-corrected chi connectivity index (χ1v) is 8.53. The molecule has 4 aliphatic rings. The quantitative estimate of drug-likeness (QED) is 0.737. The highest BCUT2D eigenvalue weighted by Crippen LogP contribution is 2.66. The number of carbonyl (C=O) groups is 1. The van der Waals surface area contributed by atoms with Gasteiger partial charge in [0, 0.05) is 11.8 Å². The highest BCUT2D eigenvalue weighted by Gasteiger charge is 2.68. The van der Waals surface area contributed by atoms with Crippen LogP contribution in [0.2, 0.25) is 0 Å². The summed E-state index contributed by atoms with van der Waals surface area (Å²) in [5.74, 6) is 0.830. The number of hydrogen-bond acceptors (Lipinski definition) is 2. The molecule has 2 unspecified atom stereocenters. The van der Waals surface area contributed by atoms with Crippen LogP contribution in [0.3, 0.4) is 0 Å². The van der Waals surface area contributed by atoms with Gasteiger partial charge in [-0.25, -0.2) is 0 Å². The van der Waals surface area contributed by atoms with Crippen molar-refractivity contribution < 1.29 is 9.53 Å². The lowest BCUT2D eigenvalue weighted by molar-refractivity contribution is -0.222. The van der Waals surface area contributed by atoms with E-state index in [1.165, 1.54) is 22.3 Å². The Balaban J connectivity index is 1.80. The van der Waals surface area contributed by atoms with Crippen LogP contribution >= 0.6 is 0 Å². The molecule has 2 aromatic carbocycles. The lowest BCUT2D eigenvalue weighted by atomic mass is 9.47. The summed E-state index contributed by atoms with van der Waals surface area (Å²) >= 11 is 0. The molecule has 2 aromatic rings. The number of rotatable bonds is 1. The molecule has 1 spiro atoms. The van der Waals surface area contributed by atoms with Crippen molar-refractivity contribution in [3.05, 3.63) is 70.8 Å². The van der Waals surface area contributed by atoms with Crippen LogP contribution in [0.15, 0.2) is 48.5 Å². The van der Waals surface area contributed by atoms with Crippen LogP contribution < -0.4 is 0 Å². The van der Waals surface area contributed by atoms with Crippen LogP contribution in [-0.2, 0) is 9.53 Å². The topological polar surface area (TPSA) is 26.3 Å². The van der Waals surface area contributed by atoms with Gasteiger partial charge in [0.15, 0.2) is 0 Å². The third-order valence-corrected chi connectivity index (χ3v) is 6.15. The van der Waals surface area contributed by atoms with Crippen molar-refractivity contribution in [2.75, 3.05) is 0 Å². The Labute approximate surface area is 136 Å². The summed E-state index contributed by atoms with van der Waals surface area (Å²) in [4.78, 5) is 12.7. The zero-order valence-electron chi connectivity index (χ0n) is 13.5. The fraction of sp³-hybridized carbons (Fsp3) is 0.381. The van der Waals surface area contributed by atoms with Crippen molar-refractivity contribution in [2.24, 2.45) is 11.3 Å². The number of benzene rings is 2. The van der Waals surface area contributed by atoms with Crippen molar-refractivity contribution in [1.82, 2.24) is 0 Å². The van der Waals surface area contributed by atoms with Gasteiger partial charge in [-0.2, -0.15) is 0 Å². The lowest BCUT2D eigenvalue weighted by Gasteiger charge is -2.60. The Morgan fingerprint density at radius 2 is 1.48 bits per heavy atom. The molecule has 2 atom stereocenters. The van der Waals surface area contributed by atoms with Crippen molar-refractivity contribution in [3.63, 3.8) is 0 Å². The molecule has 1 heterocycles. The van der Waals surface area contributed by atoms with E-state index < -0.39 is 0 Å². The summed E-state index contributed by atoms with van der Waals surface area (Å²) in [7, 11) is 0. The second-order valence-corrected chi connectivity index (χ2v) is 7.56. The van der Waals surface area contributed by atoms with Gasteiger partial charge in [0.1, 0.15) is 11.5 Å². The van der Waals surface area contributed by atoms with Crippen LogP contribution in [0.4, 0.5) is 0 Å². The number of esters is 1. The van der Waals surface area contributed by atoms with E-state index in [0.29, 0.717) is 11.8 Å². The van der Waals surface area contributed by atoms with E-state index >= 15 is 0 Å². The molecule has 3 aliphatic carbocycles. The van der Waals surface area contributed by atoms with E-state index in [0.717, 1.165) is 6.42 Å². The minimum Gasteiger partial charge on any atom is -0.460 e. The minimum atomic E-state index is -0.360. The third-order valence-electron chi connectivity index (χ3n) is 6.15. The van der Waals surface area contributed by atoms with Crippen molar-refractivity contribution in [3.8, 4) is 0 Å². The third kappa shape index (κ3) is 1.43. The van der Waals surface area contributed by atoms with E-state index in [4.69, 9.17) is 4.74 Å². The lowest BCUT2D eigenvalue weighted by Crippen LogP contribution is -2.65. The van der Waals surface area contributed by atoms with E-state index in [9.17, 15) is 4.79 Å². The van der Waals surface area contributed by atoms with E-state index in [-0.39, 0.29) is 23.4 Å².